The van der Waals surface area contributed by atoms with Gasteiger partial charge in [-0.3, -0.25) is 0 Å². The first-order valence-corrected chi connectivity index (χ1v) is 8.46. The molecule has 18 heavy (non-hydrogen) atoms. The van der Waals surface area contributed by atoms with Crippen LogP contribution in [-0.4, -0.2) is 12.6 Å². The minimum atomic E-state index is 0.637. The minimum absolute atomic E-state index is 0.637. The SMILES string of the molecule is CC(CNC1CC1)(CC1CC2CCC1C2)C1CC1. The summed E-state index contributed by atoms with van der Waals surface area (Å²) in [4.78, 5) is 0. The van der Waals surface area contributed by atoms with Gasteiger partial charge in [0.1, 0.15) is 0 Å². The van der Waals surface area contributed by atoms with Crippen LogP contribution in [0.15, 0.2) is 0 Å². The molecule has 1 nitrogen and oxygen atoms in total. The first-order chi connectivity index (χ1) is 8.73. The van der Waals surface area contributed by atoms with Crippen molar-refractivity contribution in [1.82, 2.24) is 5.32 Å². The van der Waals surface area contributed by atoms with Gasteiger partial charge in [-0.15, -0.1) is 0 Å². The molecule has 2 bridgehead atoms. The summed E-state index contributed by atoms with van der Waals surface area (Å²) in [5.41, 5.74) is 0.637. The van der Waals surface area contributed by atoms with E-state index in [1.807, 2.05) is 0 Å². The highest BCUT2D eigenvalue weighted by Crippen LogP contribution is 2.56. The lowest BCUT2D eigenvalue weighted by Crippen LogP contribution is -2.37. The Morgan fingerprint density at radius 2 is 1.83 bits per heavy atom. The average molecular weight is 247 g/mol. The van der Waals surface area contributed by atoms with Gasteiger partial charge in [0, 0.05) is 12.6 Å². The second kappa shape index (κ2) is 4.23. The third-order valence-corrected chi connectivity index (χ3v) is 6.55. The van der Waals surface area contributed by atoms with Crippen LogP contribution in [-0.2, 0) is 0 Å². The Bertz CT molecular complexity index is 318. The molecule has 4 fully saturated rings. The van der Waals surface area contributed by atoms with E-state index in [9.17, 15) is 0 Å². The third-order valence-electron chi connectivity index (χ3n) is 6.55. The second-order valence-electron chi connectivity index (χ2n) is 8.22. The van der Waals surface area contributed by atoms with E-state index in [4.69, 9.17) is 0 Å². The zero-order valence-corrected chi connectivity index (χ0v) is 12.0. The van der Waals surface area contributed by atoms with Crippen molar-refractivity contribution < 1.29 is 0 Å². The van der Waals surface area contributed by atoms with E-state index in [1.54, 1.807) is 32.1 Å². The molecule has 4 atom stereocenters. The zero-order chi connectivity index (χ0) is 12.2. The highest BCUT2D eigenvalue weighted by molar-refractivity contribution is 4.99. The van der Waals surface area contributed by atoms with Crippen molar-refractivity contribution in [2.45, 2.75) is 70.8 Å². The molecule has 0 aliphatic heterocycles. The minimum Gasteiger partial charge on any atom is -0.313 e. The van der Waals surface area contributed by atoms with E-state index in [2.05, 4.69) is 12.2 Å². The summed E-state index contributed by atoms with van der Waals surface area (Å²) in [6, 6.07) is 0.892. The first kappa shape index (κ1) is 11.8. The van der Waals surface area contributed by atoms with Gasteiger partial charge in [0.25, 0.3) is 0 Å². The van der Waals surface area contributed by atoms with Gasteiger partial charge >= 0.3 is 0 Å². The molecule has 102 valence electrons. The first-order valence-electron chi connectivity index (χ1n) is 8.46. The summed E-state index contributed by atoms with van der Waals surface area (Å²) in [6.45, 7) is 3.92. The van der Waals surface area contributed by atoms with Gasteiger partial charge in [-0.05, 0) is 80.5 Å². The summed E-state index contributed by atoms with van der Waals surface area (Å²) in [7, 11) is 0. The number of hydrogen-bond acceptors (Lipinski definition) is 1. The van der Waals surface area contributed by atoms with Gasteiger partial charge < -0.3 is 5.32 Å². The Balaban J connectivity index is 1.38. The molecule has 0 aromatic carbocycles. The van der Waals surface area contributed by atoms with Crippen LogP contribution in [0, 0.1) is 29.1 Å². The lowest BCUT2D eigenvalue weighted by molar-refractivity contribution is 0.158. The second-order valence-corrected chi connectivity index (χ2v) is 8.22. The molecular formula is C17H29N. The monoisotopic (exact) mass is 247 g/mol. The largest absolute Gasteiger partial charge is 0.313 e. The number of rotatable bonds is 6. The van der Waals surface area contributed by atoms with Crippen molar-refractivity contribution in [2.24, 2.45) is 29.1 Å². The average Bonchev–Trinajstić information content (AvgIpc) is 3.27. The van der Waals surface area contributed by atoms with Crippen molar-refractivity contribution >= 4 is 0 Å². The van der Waals surface area contributed by atoms with Crippen LogP contribution in [0.2, 0.25) is 0 Å². The van der Waals surface area contributed by atoms with E-state index >= 15 is 0 Å². The summed E-state index contributed by atoms with van der Waals surface area (Å²) in [5, 5.41) is 3.84. The fraction of sp³-hybridized carbons (Fsp3) is 1.00. The summed E-state index contributed by atoms with van der Waals surface area (Å²) in [5.74, 6) is 4.40. The summed E-state index contributed by atoms with van der Waals surface area (Å²) >= 11 is 0. The molecule has 1 N–H and O–H groups in total. The Morgan fingerprint density at radius 3 is 2.39 bits per heavy atom. The molecule has 4 aliphatic rings. The van der Waals surface area contributed by atoms with E-state index in [0.717, 1.165) is 29.7 Å². The number of nitrogens with one attached hydrogen (secondary N) is 1. The quantitative estimate of drug-likeness (QED) is 0.748. The van der Waals surface area contributed by atoms with Crippen molar-refractivity contribution in [3.8, 4) is 0 Å². The molecule has 4 saturated carbocycles. The Morgan fingerprint density at radius 1 is 1.00 bits per heavy atom. The Kier molecular flexibility index (Phi) is 2.76. The molecule has 0 radical (unpaired) electrons. The molecule has 4 aliphatic carbocycles. The van der Waals surface area contributed by atoms with Gasteiger partial charge in [0.15, 0.2) is 0 Å². The van der Waals surface area contributed by atoms with Crippen molar-refractivity contribution in [2.75, 3.05) is 6.54 Å². The van der Waals surface area contributed by atoms with E-state index in [0.29, 0.717) is 5.41 Å². The van der Waals surface area contributed by atoms with Crippen LogP contribution >= 0.6 is 0 Å². The van der Waals surface area contributed by atoms with E-state index in [1.165, 1.54) is 32.2 Å². The predicted molar refractivity (Wildman–Crippen MR) is 75.4 cm³/mol. The molecule has 0 heterocycles. The van der Waals surface area contributed by atoms with Crippen LogP contribution in [0.5, 0.6) is 0 Å². The third kappa shape index (κ3) is 2.24. The molecular weight excluding hydrogens is 218 g/mol. The zero-order valence-electron chi connectivity index (χ0n) is 12.0. The number of hydrogen-bond donors (Lipinski definition) is 1. The Labute approximate surface area is 112 Å². The standard InChI is InChI=1S/C17H29N/c1-17(15-4-5-15,11-18-16-6-7-16)10-14-9-12-2-3-13(14)8-12/h12-16,18H,2-11H2,1H3. The van der Waals surface area contributed by atoms with Crippen molar-refractivity contribution in [3.05, 3.63) is 0 Å². The van der Waals surface area contributed by atoms with E-state index in [-0.39, 0.29) is 0 Å². The molecule has 4 unspecified atom stereocenters. The fourth-order valence-corrected chi connectivity index (χ4v) is 5.05. The maximum atomic E-state index is 3.84. The van der Waals surface area contributed by atoms with Crippen LogP contribution in [0.1, 0.15) is 64.7 Å². The van der Waals surface area contributed by atoms with Gasteiger partial charge in [-0.25, -0.2) is 0 Å². The lowest BCUT2D eigenvalue weighted by Gasteiger charge is -2.36. The Hall–Kier alpha value is -0.0400. The normalized spacial score (nSPS) is 42.2. The van der Waals surface area contributed by atoms with Gasteiger partial charge in [-0.2, -0.15) is 0 Å². The van der Waals surface area contributed by atoms with Crippen LogP contribution in [0.3, 0.4) is 0 Å². The molecule has 4 rings (SSSR count). The molecule has 0 aromatic heterocycles. The summed E-state index contributed by atoms with van der Waals surface area (Å²) < 4.78 is 0. The van der Waals surface area contributed by atoms with Crippen molar-refractivity contribution in [1.29, 1.82) is 0 Å². The number of fused-ring (bicyclic) bond motifs is 2. The predicted octanol–water partition coefficient (Wildman–Crippen LogP) is 3.98. The lowest BCUT2D eigenvalue weighted by atomic mass is 9.72. The smallest absolute Gasteiger partial charge is 0.00684 e. The highest BCUT2D eigenvalue weighted by atomic mass is 15.0. The molecule has 0 amide bonds. The van der Waals surface area contributed by atoms with Gasteiger partial charge in [0.2, 0.25) is 0 Å². The highest BCUT2D eigenvalue weighted by Gasteiger charge is 2.47. The molecule has 0 saturated heterocycles. The maximum Gasteiger partial charge on any atom is 0.00684 e. The molecule has 0 aromatic rings. The van der Waals surface area contributed by atoms with Gasteiger partial charge in [0.05, 0.1) is 0 Å². The van der Waals surface area contributed by atoms with Gasteiger partial charge in [-0.1, -0.05) is 13.3 Å². The summed E-state index contributed by atoms with van der Waals surface area (Å²) in [6.07, 6.45) is 13.7. The fourth-order valence-electron chi connectivity index (χ4n) is 5.05. The van der Waals surface area contributed by atoms with Crippen LogP contribution in [0.4, 0.5) is 0 Å². The van der Waals surface area contributed by atoms with Crippen molar-refractivity contribution in [3.63, 3.8) is 0 Å². The topological polar surface area (TPSA) is 12.0 Å². The van der Waals surface area contributed by atoms with Crippen LogP contribution in [0.25, 0.3) is 0 Å². The molecule has 1 heteroatoms. The van der Waals surface area contributed by atoms with Crippen LogP contribution < -0.4 is 5.32 Å². The molecule has 0 spiro atoms. The maximum absolute atomic E-state index is 3.84. The van der Waals surface area contributed by atoms with E-state index < -0.39 is 0 Å².